The molecule has 125 valence electrons. The molecule has 0 aromatic heterocycles. The van der Waals surface area contributed by atoms with Crippen molar-refractivity contribution in [2.24, 2.45) is 0 Å². The second-order valence-corrected chi connectivity index (χ2v) is 5.78. The first-order chi connectivity index (χ1) is 11.6. The first-order valence-electron chi connectivity index (χ1n) is 7.99. The molecule has 2 aromatic rings. The zero-order chi connectivity index (χ0) is 16.9. The van der Waals surface area contributed by atoms with Gasteiger partial charge in [0.15, 0.2) is 0 Å². The van der Waals surface area contributed by atoms with Gasteiger partial charge in [-0.15, -0.1) is 0 Å². The Balaban J connectivity index is 1.52. The van der Waals surface area contributed by atoms with Gasteiger partial charge in [-0.1, -0.05) is 30.3 Å². The molecule has 0 bridgehead atoms. The van der Waals surface area contributed by atoms with Gasteiger partial charge >= 0.3 is 0 Å². The van der Waals surface area contributed by atoms with Crippen molar-refractivity contribution in [2.45, 2.75) is 6.42 Å². The summed E-state index contributed by atoms with van der Waals surface area (Å²) in [7, 11) is 0. The number of piperazine rings is 1. The molecule has 3 rings (SSSR count). The molecule has 1 aliphatic rings. The Morgan fingerprint density at radius 2 is 1.71 bits per heavy atom. The van der Waals surface area contributed by atoms with Crippen LogP contribution in [0.1, 0.15) is 12.0 Å². The van der Waals surface area contributed by atoms with Crippen molar-refractivity contribution in [3.05, 3.63) is 72.1 Å². The second kappa shape index (κ2) is 7.43. The molecular weight excluding hydrogens is 310 g/mol. The molecule has 1 fully saturated rings. The maximum absolute atomic E-state index is 13.8. The van der Waals surface area contributed by atoms with Gasteiger partial charge in [-0.25, -0.2) is 8.78 Å². The largest absolute Gasteiger partial charge is 0.366 e. The van der Waals surface area contributed by atoms with Crippen molar-refractivity contribution in [1.82, 2.24) is 4.90 Å². The molecule has 0 aliphatic carbocycles. The van der Waals surface area contributed by atoms with Crippen molar-refractivity contribution in [2.75, 3.05) is 31.1 Å². The van der Waals surface area contributed by atoms with Gasteiger partial charge in [0, 0.05) is 38.7 Å². The summed E-state index contributed by atoms with van der Waals surface area (Å²) in [4.78, 5) is 15.9. The predicted octanol–water partition coefficient (Wildman–Crippen LogP) is 3.26. The fraction of sp³-hybridized carbons (Fsp3) is 0.263. The lowest BCUT2D eigenvalue weighted by Crippen LogP contribution is -2.49. The minimum Gasteiger partial charge on any atom is -0.366 e. The summed E-state index contributed by atoms with van der Waals surface area (Å²) in [5, 5.41) is 0. The van der Waals surface area contributed by atoms with Crippen LogP contribution in [-0.2, 0) is 4.79 Å². The SMILES string of the molecule is O=C(C[CH]c1ccccc1)N1CCN(c2ccc(F)cc2F)CC1. The van der Waals surface area contributed by atoms with E-state index in [2.05, 4.69) is 0 Å². The highest BCUT2D eigenvalue weighted by atomic mass is 19.1. The Labute approximate surface area is 140 Å². The van der Waals surface area contributed by atoms with Gasteiger partial charge in [-0.3, -0.25) is 4.79 Å². The van der Waals surface area contributed by atoms with E-state index in [1.807, 2.05) is 41.7 Å². The van der Waals surface area contributed by atoms with Crippen LogP contribution >= 0.6 is 0 Å². The summed E-state index contributed by atoms with van der Waals surface area (Å²) in [5.74, 6) is -1.08. The van der Waals surface area contributed by atoms with Gasteiger partial charge in [0.05, 0.1) is 5.69 Å². The third kappa shape index (κ3) is 3.91. The molecule has 2 aromatic carbocycles. The monoisotopic (exact) mass is 329 g/mol. The van der Waals surface area contributed by atoms with Crippen LogP contribution in [0.2, 0.25) is 0 Å². The van der Waals surface area contributed by atoms with Crippen molar-refractivity contribution in [3.8, 4) is 0 Å². The number of carbonyl (C=O) groups excluding carboxylic acids is 1. The zero-order valence-electron chi connectivity index (χ0n) is 13.3. The normalized spacial score (nSPS) is 14.8. The molecule has 1 radical (unpaired) electrons. The number of anilines is 1. The smallest absolute Gasteiger partial charge is 0.223 e. The van der Waals surface area contributed by atoms with Crippen molar-refractivity contribution in [1.29, 1.82) is 0 Å². The topological polar surface area (TPSA) is 23.6 Å². The van der Waals surface area contributed by atoms with Crippen molar-refractivity contribution < 1.29 is 13.6 Å². The maximum Gasteiger partial charge on any atom is 0.223 e. The zero-order valence-corrected chi connectivity index (χ0v) is 13.3. The van der Waals surface area contributed by atoms with Gasteiger partial charge in [-0.2, -0.15) is 0 Å². The van der Waals surface area contributed by atoms with E-state index in [0.717, 1.165) is 11.6 Å². The molecule has 24 heavy (non-hydrogen) atoms. The number of amides is 1. The minimum atomic E-state index is -0.582. The molecule has 0 atom stereocenters. The van der Waals surface area contributed by atoms with E-state index < -0.39 is 11.6 Å². The molecule has 0 unspecified atom stereocenters. The third-order valence-electron chi connectivity index (χ3n) is 4.19. The van der Waals surface area contributed by atoms with Crippen molar-refractivity contribution >= 4 is 11.6 Å². The molecule has 1 heterocycles. The van der Waals surface area contributed by atoms with E-state index in [-0.39, 0.29) is 5.91 Å². The van der Waals surface area contributed by atoms with E-state index in [9.17, 15) is 13.6 Å². The fourth-order valence-electron chi connectivity index (χ4n) is 2.86. The van der Waals surface area contributed by atoms with Crippen LogP contribution in [0.25, 0.3) is 0 Å². The van der Waals surface area contributed by atoms with E-state index in [1.54, 1.807) is 4.90 Å². The van der Waals surface area contributed by atoms with Gasteiger partial charge < -0.3 is 9.80 Å². The van der Waals surface area contributed by atoms with Crippen LogP contribution in [0.3, 0.4) is 0 Å². The molecule has 1 saturated heterocycles. The molecule has 1 amide bonds. The first kappa shape index (κ1) is 16.4. The average Bonchev–Trinajstić information content (AvgIpc) is 2.61. The Morgan fingerprint density at radius 1 is 1.00 bits per heavy atom. The Hall–Kier alpha value is -2.43. The summed E-state index contributed by atoms with van der Waals surface area (Å²) < 4.78 is 26.8. The number of hydrogen-bond donors (Lipinski definition) is 0. The highest BCUT2D eigenvalue weighted by Gasteiger charge is 2.22. The van der Waals surface area contributed by atoms with E-state index in [1.165, 1.54) is 12.1 Å². The van der Waals surface area contributed by atoms with Crippen LogP contribution in [0.15, 0.2) is 48.5 Å². The molecular formula is C19H19F2N2O. The predicted molar refractivity (Wildman–Crippen MR) is 89.6 cm³/mol. The minimum absolute atomic E-state index is 0.0677. The van der Waals surface area contributed by atoms with Crippen LogP contribution in [0.4, 0.5) is 14.5 Å². The fourth-order valence-corrected chi connectivity index (χ4v) is 2.86. The molecule has 0 saturated carbocycles. The van der Waals surface area contributed by atoms with E-state index >= 15 is 0 Å². The first-order valence-corrected chi connectivity index (χ1v) is 7.99. The lowest BCUT2D eigenvalue weighted by Gasteiger charge is -2.36. The van der Waals surface area contributed by atoms with Crippen LogP contribution in [-0.4, -0.2) is 37.0 Å². The number of hydrogen-bond acceptors (Lipinski definition) is 2. The molecule has 3 nitrogen and oxygen atoms in total. The second-order valence-electron chi connectivity index (χ2n) is 5.78. The number of carbonyl (C=O) groups is 1. The summed E-state index contributed by atoms with van der Waals surface area (Å²) in [6.07, 6.45) is 2.27. The standard InChI is InChI=1S/C19H19F2N2O/c20-16-7-8-18(17(21)14-16)22-10-12-23(13-11-22)19(24)9-6-15-4-2-1-3-5-15/h1-8,14H,9-13H2. The lowest BCUT2D eigenvalue weighted by molar-refractivity contribution is -0.130. The summed E-state index contributed by atoms with van der Waals surface area (Å²) >= 11 is 0. The average molecular weight is 329 g/mol. The highest BCUT2D eigenvalue weighted by molar-refractivity contribution is 5.78. The third-order valence-corrected chi connectivity index (χ3v) is 4.19. The number of halogens is 2. The highest BCUT2D eigenvalue weighted by Crippen LogP contribution is 2.22. The van der Waals surface area contributed by atoms with Crippen LogP contribution in [0.5, 0.6) is 0 Å². The van der Waals surface area contributed by atoms with Crippen LogP contribution < -0.4 is 4.90 Å². The van der Waals surface area contributed by atoms with Gasteiger partial charge in [0.1, 0.15) is 11.6 Å². The van der Waals surface area contributed by atoms with E-state index in [4.69, 9.17) is 0 Å². The number of nitrogens with zero attached hydrogens (tertiary/aromatic N) is 2. The summed E-state index contributed by atoms with van der Waals surface area (Å²) in [5.41, 5.74) is 1.41. The summed E-state index contributed by atoms with van der Waals surface area (Å²) in [6.45, 7) is 2.16. The molecule has 1 aliphatic heterocycles. The lowest BCUT2D eigenvalue weighted by atomic mass is 10.1. The Bertz CT molecular complexity index is 698. The van der Waals surface area contributed by atoms with Crippen LogP contribution in [0, 0.1) is 18.1 Å². The molecule has 0 N–H and O–H groups in total. The van der Waals surface area contributed by atoms with Gasteiger partial charge in [-0.05, 0) is 24.1 Å². The van der Waals surface area contributed by atoms with Gasteiger partial charge in [0.25, 0.3) is 0 Å². The Kier molecular flexibility index (Phi) is 5.08. The molecule has 0 spiro atoms. The maximum atomic E-state index is 13.8. The van der Waals surface area contributed by atoms with E-state index in [0.29, 0.717) is 38.3 Å². The Morgan fingerprint density at radius 3 is 2.38 bits per heavy atom. The van der Waals surface area contributed by atoms with Gasteiger partial charge in [0.2, 0.25) is 5.91 Å². The quantitative estimate of drug-likeness (QED) is 0.860. The summed E-state index contributed by atoms with van der Waals surface area (Å²) in [6, 6.07) is 13.3. The number of rotatable bonds is 4. The number of benzene rings is 2. The molecule has 5 heteroatoms. The van der Waals surface area contributed by atoms with Crippen molar-refractivity contribution in [3.63, 3.8) is 0 Å².